The molecular formula is C31H21ClF2N4O4S2. The second-order valence-corrected chi connectivity index (χ2v) is 13.2. The Morgan fingerprint density at radius 3 is 2.55 bits per heavy atom. The number of hydrogen-bond donors (Lipinski definition) is 1. The van der Waals surface area contributed by atoms with E-state index in [1.165, 1.54) is 64.8 Å². The van der Waals surface area contributed by atoms with Crippen molar-refractivity contribution >= 4 is 49.9 Å². The molecule has 6 rings (SSSR count). The lowest BCUT2D eigenvalue weighted by atomic mass is 10.2. The van der Waals surface area contributed by atoms with Crippen molar-refractivity contribution in [2.24, 2.45) is 0 Å². The molecule has 0 saturated carbocycles. The topological polar surface area (TPSA) is 103 Å². The average Bonchev–Trinajstić information content (AvgIpc) is 3.64. The van der Waals surface area contributed by atoms with E-state index < -0.39 is 33.1 Å². The standard InChI is InChI=1S/C31H21ClF2N4O4S2/c32-20-14-24-25(18-38(29(24)35-15-20)44(41,42)22-5-2-1-3-6-22)28-11-9-21(43-28)16-36-30(39)23-7-4-12-37(31(23)40)17-19-8-10-26(33)27(34)13-19/h1-15,18H,16-17H2,(H,36,39). The first-order chi connectivity index (χ1) is 21.1. The zero-order chi connectivity index (χ0) is 31.0. The second-order valence-electron chi connectivity index (χ2n) is 9.73. The molecule has 2 aromatic carbocycles. The van der Waals surface area contributed by atoms with Gasteiger partial charge in [0.1, 0.15) is 5.56 Å². The lowest BCUT2D eigenvalue weighted by Crippen LogP contribution is -2.32. The predicted octanol–water partition coefficient (Wildman–Crippen LogP) is 6.07. The van der Waals surface area contributed by atoms with Crippen LogP contribution < -0.4 is 10.9 Å². The summed E-state index contributed by atoms with van der Waals surface area (Å²) in [6.45, 7) is 0.0544. The lowest BCUT2D eigenvalue weighted by Gasteiger charge is -2.09. The van der Waals surface area contributed by atoms with Gasteiger partial charge in [-0.15, -0.1) is 11.3 Å². The van der Waals surface area contributed by atoms with Gasteiger partial charge in [0, 0.05) is 39.3 Å². The zero-order valence-corrected chi connectivity index (χ0v) is 25.0. The summed E-state index contributed by atoms with van der Waals surface area (Å²) >= 11 is 7.56. The van der Waals surface area contributed by atoms with Crippen molar-refractivity contribution in [1.29, 1.82) is 0 Å². The van der Waals surface area contributed by atoms with E-state index >= 15 is 0 Å². The molecule has 8 nitrogen and oxygen atoms in total. The van der Waals surface area contributed by atoms with Crippen molar-refractivity contribution in [3.8, 4) is 10.4 Å². The molecule has 1 N–H and O–H groups in total. The third-order valence-electron chi connectivity index (χ3n) is 6.83. The molecule has 1 amide bonds. The summed E-state index contributed by atoms with van der Waals surface area (Å²) in [6, 6.07) is 19.5. The number of pyridine rings is 2. The van der Waals surface area contributed by atoms with Crippen LogP contribution in [-0.4, -0.2) is 27.8 Å². The highest BCUT2D eigenvalue weighted by molar-refractivity contribution is 7.90. The molecule has 222 valence electrons. The molecule has 0 bridgehead atoms. The number of amides is 1. The van der Waals surface area contributed by atoms with Gasteiger partial charge in [0.2, 0.25) is 0 Å². The van der Waals surface area contributed by atoms with Crippen LogP contribution in [0, 0.1) is 11.6 Å². The molecule has 0 fully saturated rings. The third kappa shape index (κ3) is 5.66. The predicted molar refractivity (Wildman–Crippen MR) is 164 cm³/mol. The highest BCUT2D eigenvalue weighted by Gasteiger charge is 2.23. The van der Waals surface area contributed by atoms with Crippen LogP contribution in [0.2, 0.25) is 5.02 Å². The first kappa shape index (κ1) is 29.4. The van der Waals surface area contributed by atoms with Gasteiger partial charge < -0.3 is 9.88 Å². The number of nitrogens with zero attached hydrogens (tertiary/aromatic N) is 3. The maximum absolute atomic E-state index is 13.6. The smallest absolute Gasteiger partial charge is 0.269 e. The van der Waals surface area contributed by atoms with E-state index in [2.05, 4.69) is 10.3 Å². The number of carbonyl (C=O) groups is 1. The summed E-state index contributed by atoms with van der Waals surface area (Å²) in [7, 11) is -3.95. The van der Waals surface area contributed by atoms with E-state index in [-0.39, 0.29) is 29.2 Å². The highest BCUT2D eigenvalue weighted by atomic mass is 35.5. The summed E-state index contributed by atoms with van der Waals surface area (Å²) in [5, 5.41) is 3.63. The van der Waals surface area contributed by atoms with Crippen LogP contribution in [0.25, 0.3) is 21.5 Å². The molecule has 0 radical (unpaired) electrons. The Morgan fingerprint density at radius 2 is 1.77 bits per heavy atom. The molecule has 4 aromatic heterocycles. The van der Waals surface area contributed by atoms with Crippen molar-refractivity contribution in [3.63, 3.8) is 0 Å². The molecule has 0 spiro atoms. The quantitative estimate of drug-likeness (QED) is 0.215. The van der Waals surface area contributed by atoms with Gasteiger partial charge in [0.25, 0.3) is 21.5 Å². The van der Waals surface area contributed by atoms with Gasteiger partial charge in [-0.25, -0.2) is 26.2 Å². The second kappa shape index (κ2) is 11.8. The van der Waals surface area contributed by atoms with Crippen molar-refractivity contribution in [1.82, 2.24) is 18.8 Å². The van der Waals surface area contributed by atoms with E-state index in [1.807, 2.05) is 0 Å². The van der Waals surface area contributed by atoms with Crippen LogP contribution in [0.5, 0.6) is 0 Å². The third-order valence-corrected chi connectivity index (χ3v) is 9.82. The number of hydrogen-bond acceptors (Lipinski definition) is 6. The molecule has 13 heteroatoms. The van der Waals surface area contributed by atoms with Crippen LogP contribution >= 0.6 is 22.9 Å². The number of benzene rings is 2. The van der Waals surface area contributed by atoms with Gasteiger partial charge in [-0.1, -0.05) is 35.9 Å². The SMILES string of the molecule is O=C(NCc1ccc(-c2cn(S(=O)(=O)c3ccccc3)c3ncc(Cl)cc23)s1)c1cccn(Cc2ccc(F)c(F)c2)c1=O. The Kier molecular flexibility index (Phi) is 7.89. The minimum Gasteiger partial charge on any atom is -0.347 e. The minimum absolute atomic E-state index is 0.0437. The molecule has 0 aliphatic rings. The summed E-state index contributed by atoms with van der Waals surface area (Å²) in [4.78, 5) is 31.8. The molecule has 4 heterocycles. The van der Waals surface area contributed by atoms with Crippen molar-refractivity contribution < 1.29 is 22.0 Å². The van der Waals surface area contributed by atoms with Crippen LogP contribution in [0.4, 0.5) is 8.78 Å². The molecule has 0 saturated heterocycles. The van der Waals surface area contributed by atoms with Crippen LogP contribution in [0.1, 0.15) is 20.8 Å². The van der Waals surface area contributed by atoms with E-state index in [0.717, 1.165) is 25.9 Å². The summed E-state index contributed by atoms with van der Waals surface area (Å²) in [5.74, 6) is -2.62. The van der Waals surface area contributed by atoms with Gasteiger partial charge in [0.15, 0.2) is 17.3 Å². The average molecular weight is 651 g/mol. The molecule has 44 heavy (non-hydrogen) atoms. The van der Waals surface area contributed by atoms with E-state index in [0.29, 0.717) is 21.5 Å². The fourth-order valence-corrected chi connectivity index (χ4v) is 7.16. The van der Waals surface area contributed by atoms with Gasteiger partial charge in [0.05, 0.1) is 23.0 Å². The van der Waals surface area contributed by atoms with E-state index in [4.69, 9.17) is 11.6 Å². The number of thiophene rings is 1. The minimum atomic E-state index is -3.95. The molecule has 6 aromatic rings. The fourth-order valence-electron chi connectivity index (χ4n) is 4.69. The highest BCUT2D eigenvalue weighted by Crippen LogP contribution is 2.37. The summed E-state index contributed by atoms with van der Waals surface area (Å²) < 4.78 is 56.2. The molecule has 0 aliphatic heterocycles. The number of fused-ring (bicyclic) bond motifs is 1. The number of nitrogens with one attached hydrogen (secondary N) is 1. The Labute approximate surface area is 258 Å². The van der Waals surface area contributed by atoms with Crippen LogP contribution in [-0.2, 0) is 23.1 Å². The Morgan fingerprint density at radius 1 is 0.977 bits per heavy atom. The Bertz CT molecular complexity index is 2210. The van der Waals surface area contributed by atoms with Crippen molar-refractivity contribution in [2.75, 3.05) is 0 Å². The first-order valence-corrected chi connectivity index (χ1v) is 15.7. The maximum atomic E-state index is 13.6. The summed E-state index contributed by atoms with van der Waals surface area (Å²) in [5.41, 5.74) is 0.491. The summed E-state index contributed by atoms with van der Waals surface area (Å²) in [6.07, 6.45) is 4.35. The molecular weight excluding hydrogens is 630 g/mol. The van der Waals surface area contributed by atoms with E-state index in [9.17, 15) is 26.8 Å². The van der Waals surface area contributed by atoms with Crippen LogP contribution in [0.15, 0.2) is 107 Å². The Hall–Kier alpha value is -4.65. The lowest BCUT2D eigenvalue weighted by molar-refractivity contribution is 0.0949. The van der Waals surface area contributed by atoms with E-state index in [1.54, 1.807) is 36.4 Å². The molecule has 0 aliphatic carbocycles. The monoisotopic (exact) mass is 650 g/mol. The molecule has 0 atom stereocenters. The van der Waals surface area contributed by atoms with Gasteiger partial charge in [-0.3, -0.25) is 9.59 Å². The number of rotatable bonds is 8. The van der Waals surface area contributed by atoms with Gasteiger partial charge in [-0.2, -0.15) is 0 Å². The van der Waals surface area contributed by atoms with Gasteiger partial charge >= 0.3 is 0 Å². The first-order valence-electron chi connectivity index (χ1n) is 13.1. The molecule has 0 unspecified atom stereocenters. The Balaban J connectivity index is 1.24. The van der Waals surface area contributed by atoms with Crippen molar-refractivity contribution in [2.45, 2.75) is 18.0 Å². The number of halogens is 3. The van der Waals surface area contributed by atoms with Crippen molar-refractivity contribution in [3.05, 3.63) is 140 Å². The zero-order valence-electron chi connectivity index (χ0n) is 22.6. The maximum Gasteiger partial charge on any atom is 0.269 e. The van der Waals surface area contributed by atoms with Gasteiger partial charge in [-0.05, 0) is 60.2 Å². The fraction of sp³-hybridized carbons (Fsp3) is 0.0645. The largest absolute Gasteiger partial charge is 0.347 e. The van der Waals surface area contributed by atoms with Crippen LogP contribution in [0.3, 0.4) is 0 Å². The number of carbonyl (C=O) groups excluding carboxylic acids is 1. The number of aromatic nitrogens is 3. The normalized spacial score (nSPS) is 11.6.